The van der Waals surface area contributed by atoms with Crippen LogP contribution < -0.4 is 5.32 Å². The summed E-state index contributed by atoms with van der Waals surface area (Å²) < 4.78 is 0. The van der Waals surface area contributed by atoms with Crippen LogP contribution in [-0.4, -0.2) is 34.9 Å². The van der Waals surface area contributed by atoms with Crippen molar-refractivity contribution in [1.82, 2.24) is 4.90 Å². The molecule has 2 amide bonds. The minimum absolute atomic E-state index is 0.0572. The van der Waals surface area contributed by atoms with Gasteiger partial charge in [-0.05, 0) is 41.7 Å². The number of hydrogen-bond donors (Lipinski definition) is 2. The van der Waals surface area contributed by atoms with Crippen LogP contribution in [0.2, 0.25) is 0 Å². The van der Waals surface area contributed by atoms with Crippen LogP contribution in [0.15, 0.2) is 78.9 Å². The van der Waals surface area contributed by atoms with Gasteiger partial charge in [0.2, 0.25) is 11.8 Å². The number of amides is 2. The average molecular weight is 415 g/mol. The molecule has 31 heavy (non-hydrogen) atoms. The number of nitrogens with zero attached hydrogens (tertiary/aromatic N) is 1. The van der Waals surface area contributed by atoms with E-state index in [1.165, 1.54) is 0 Å². The fourth-order valence-electron chi connectivity index (χ4n) is 3.94. The summed E-state index contributed by atoms with van der Waals surface area (Å²) >= 11 is 0. The fourth-order valence-corrected chi connectivity index (χ4v) is 3.94. The Morgan fingerprint density at radius 3 is 2.13 bits per heavy atom. The van der Waals surface area contributed by atoms with E-state index in [0.717, 1.165) is 16.7 Å². The minimum Gasteiger partial charge on any atom is -0.506 e. The van der Waals surface area contributed by atoms with E-state index in [-0.39, 0.29) is 23.5 Å². The molecule has 158 valence electrons. The molecule has 3 aromatic rings. The zero-order valence-electron chi connectivity index (χ0n) is 17.3. The summed E-state index contributed by atoms with van der Waals surface area (Å²) in [5, 5.41) is 12.6. The van der Waals surface area contributed by atoms with Gasteiger partial charge in [-0.2, -0.15) is 0 Å². The Bertz CT molecular complexity index is 1040. The summed E-state index contributed by atoms with van der Waals surface area (Å²) in [6, 6.07) is 25.0. The van der Waals surface area contributed by atoms with Crippen molar-refractivity contribution >= 4 is 17.5 Å². The molecule has 5 heteroatoms. The monoisotopic (exact) mass is 414 g/mol. The van der Waals surface area contributed by atoms with Crippen molar-refractivity contribution in [2.45, 2.75) is 19.3 Å². The van der Waals surface area contributed by atoms with E-state index in [9.17, 15) is 14.7 Å². The first-order chi connectivity index (χ1) is 15.1. The van der Waals surface area contributed by atoms with Crippen LogP contribution in [0.1, 0.15) is 18.4 Å². The van der Waals surface area contributed by atoms with Crippen molar-refractivity contribution in [3.63, 3.8) is 0 Å². The van der Waals surface area contributed by atoms with Gasteiger partial charge in [0.05, 0.1) is 12.1 Å². The molecule has 1 fully saturated rings. The number of para-hydroxylation sites is 2. The molecule has 0 aliphatic carbocycles. The highest BCUT2D eigenvalue weighted by Crippen LogP contribution is 2.25. The molecule has 1 heterocycles. The van der Waals surface area contributed by atoms with Gasteiger partial charge in [0, 0.05) is 19.0 Å². The number of piperidine rings is 1. The van der Waals surface area contributed by atoms with E-state index in [2.05, 4.69) is 17.4 Å². The highest BCUT2D eigenvalue weighted by atomic mass is 16.3. The molecule has 0 unspecified atom stereocenters. The topological polar surface area (TPSA) is 69.6 Å². The van der Waals surface area contributed by atoms with Crippen molar-refractivity contribution in [2.24, 2.45) is 5.92 Å². The van der Waals surface area contributed by atoms with E-state index in [4.69, 9.17) is 0 Å². The molecule has 0 bridgehead atoms. The lowest BCUT2D eigenvalue weighted by Crippen LogP contribution is -2.42. The van der Waals surface area contributed by atoms with Gasteiger partial charge in [0.1, 0.15) is 5.75 Å². The Morgan fingerprint density at radius 1 is 0.839 bits per heavy atom. The lowest BCUT2D eigenvalue weighted by Gasteiger charge is -2.31. The molecule has 0 atom stereocenters. The molecule has 1 aliphatic rings. The van der Waals surface area contributed by atoms with Gasteiger partial charge in [-0.25, -0.2) is 0 Å². The normalized spacial score (nSPS) is 14.3. The number of carbonyl (C=O) groups excluding carboxylic acids is 2. The van der Waals surface area contributed by atoms with Crippen LogP contribution >= 0.6 is 0 Å². The Labute approximate surface area is 182 Å². The number of benzene rings is 3. The zero-order chi connectivity index (χ0) is 21.6. The number of hydrogen-bond acceptors (Lipinski definition) is 3. The summed E-state index contributed by atoms with van der Waals surface area (Å²) in [6.07, 6.45) is 1.61. The van der Waals surface area contributed by atoms with Crippen LogP contribution in [0.25, 0.3) is 11.1 Å². The number of anilines is 1. The van der Waals surface area contributed by atoms with Gasteiger partial charge in [0.15, 0.2) is 0 Å². The Hall–Kier alpha value is -3.60. The van der Waals surface area contributed by atoms with Gasteiger partial charge in [-0.3, -0.25) is 9.59 Å². The number of phenolic OH excluding ortho intramolecular Hbond substituents is 1. The first-order valence-electron chi connectivity index (χ1n) is 10.6. The Kier molecular flexibility index (Phi) is 6.32. The molecular formula is C26H26N2O3. The molecule has 5 nitrogen and oxygen atoms in total. The van der Waals surface area contributed by atoms with E-state index in [0.29, 0.717) is 38.0 Å². The third-order valence-corrected chi connectivity index (χ3v) is 5.80. The first kappa shape index (κ1) is 20.7. The summed E-state index contributed by atoms with van der Waals surface area (Å²) in [5.74, 6) is -0.118. The van der Waals surface area contributed by atoms with Crippen molar-refractivity contribution in [3.05, 3.63) is 84.4 Å². The molecular weight excluding hydrogens is 388 g/mol. The smallest absolute Gasteiger partial charge is 0.227 e. The minimum atomic E-state index is -0.159. The number of nitrogens with one attached hydrogen (secondary N) is 1. The third-order valence-electron chi connectivity index (χ3n) is 5.80. The van der Waals surface area contributed by atoms with E-state index >= 15 is 0 Å². The van der Waals surface area contributed by atoms with Gasteiger partial charge in [0.25, 0.3) is 0 Å². The van der Waals surface area contributed by atoms with Crippen molar-refractivity contribution in [1.29, 1.82) is 0 Å². The molecule has 1 saturated heterocycles. The average Bonchev–Trinajstić information content (AvgIpc) is 2.81. The van der Waals surface area contributed by atoms with Gasteiger partial charge in [-0.15, -0.1) is 0 Å². The maximum atomic E-state index is 12.7. The van der Waals surface area contributed by atoms with Crippen LogP contribution in [0, 0.1) is 5.92 Å². The Balaban J connectivity index is 1.28. The lowest BCUT2D eigenvalue weighted by molar-refractivity contribution is -0.133. The molecule has 0 saturated carbocycles. The summed E-state index contributed by atoms with van der Waals surface area (Å²) in [6.45, 7) is 1.14. The zero-order valence-corrected chi connectivity index (χ0v) is 17.3. The second kappa shape index (κ2) is 9.47. The molecule has 0 aromatic heterocycles. The third kappa shape index (κ3) is 5.12. The highest BCUT2D eigenvalue weighted by Gasteiger charge is 2.27. The summed E-state index contributed by atoms with van der Waals surface area (Å²) in [5.41, 5.74) is 3.70. The predicted octanol–water partition coefficient (Wildman–Crippen LogP) is 4.48. The molecule has 0 radical (unpaired) electrons. The number of likely N-dealkylation sites (tertiary alicyclic amines) is 1. The van der Waals surface area contributed by atoms with E-state index in [1.54, 1.807) is 24.3 Å². The maximum Gasteiger partial charge on any atom is 0.227 e. The Morgan fingerprint density at radius 2 is 1.45 bits per heavy atom. The van der Waals surface area contributed by atoms with Gasteiger partial charge >= 0.3 is 0 Å². The van der Waals surface area contributed by atoms with Crippen LogP contribution in [0.5, 0.6) is 5.75 Å². The molecule has 1 aliphatic heterocycles. The van der Waals surface area contributed by atoms with E-state index in [1.807, 2.05) is 47.4 Å². The van der Waals surface area contributed by atoms with Gasteiger partial charge in [-0.1, -0.05) is 66.7 Å². The number of rotatable bonds is 5. The number of phenols is 1. The van der Waals surface area contributed by atoms with Gasteiger partial charge < -0.3 is 15.3 Å². The quantitative estimate of drug-likeness (QED) is 0.605. The molecule has 3 aromatic carbocycles. The van der Waals surface area contributed by atoms with Crippen LogP contribution in [0.3, 0.4) is 0 Å². The number of carbonyl (C=O) groups is 2. The van der Waals surface area contributed by atoms with E-state index < -0.39 is 0 Å². The lowest BCUT2D eigenvalue weighted by atomic mass is 9.95. The predicted molar refractivity (Wildman–Crippen MR) is 122 cm³/mol. The first-order valence-corrected chi connectivity index (χ1v) is 10.6. The second-order valence-electron chi connectivity index (χ2n) is 7.90. The van der Waals surface area contributed by atoms with Crippen molar-refractivity contribution in [2.75, 3.05) is 18.4 Å². The van der Waals surface area contributed by atoms with Crippen molar-refractivity contribution < 1.29 is 14.7 Å². The second-order valence-corrected chi connectivity index (χ2v) is 7.90. The van der Waals surface area contributed by atoms with Crippen molar-refractivity contribution in [3.8, 4) is 16.9 Å². The summed E-state index contributed by atoms with van der Waals surface area (Å²) in [4.78, 5) is 27.1. The fraction of sp³-hybridized carbons (Fsp3) is 0.231. The van der Waals surface area contributed by atoms with Crippen LogP contribution in [0.4, 0.5) is 5.69 Å². The SMILES string of the molecule is O=C(Nc1ccccc1O)C1CCN(C(=O)Cc2ccc(-c3ccccc3)cc2)CC1. The van der Waals surface area contributed by atoms with Crippen LogP contribution in [-0.2, 0) is 16.0 Å². The maximum absolute atomic E-state index is 12.7. The summed E-state index contributed by atoms with van der Waals surface area (Å²) in [7, 11) is 0. The molecule has 4 rings (SSSR count). The highest BCUT2D eigenvalue weighted by molar-refractivity contribution is 5.94. The standard InChI is InChI=1S/C26H26N2O3/c29-24-9-5-4-8-23(24)27-26(31)22-14-16-28(17-15-22)25(30)18-19-10-12-21(13-11-19)20-6-2-1-3-7-20/h1-13,22,29H,14-18H2,(H,27,31). The largest absolute Gasteiger partial charge is 0.506 e. The molecule has 0 spiro atoms. The molecule has 2 N–H and O–H groups in total. The number of aromatic hydroxyl groups is 1.